The van der Waals surface area contributed by atoms with E-state index in [1.165, 1.54) is 11.1 Å². The molecular weight excluding hydrogens is 340 g/mol. The molecule has 0 aliphatic carbocycles. The number of nitrogens with zero attached hydrogens (tertiary/aromatic N) is 1. The maximum atomic E-state index is 5.93. The second kappa shape index (κ2) is 9.11. The van der Waals surface area contributed by atoms with Crippen molar-refractivity contribution in [3.05, 3.63) is 53.1 Å². The molecular formula is C22H30N2O3. The Morgan fingerprint density at radius 1 is 1.11 bits per heavy atom. The van der Waals surface area contributed by atoms with Gasteiger partial charge in [0, 0.05) is 18.7 Å². The molecule has 0 saturated carbocycles. The molecule has 1 atom stereocenters. The van der Waals surface area contributed by atoms with Crippen LogP contribution in [0.3, 0.4) is 0 Å². The van der Waals surface area contributed by atoms with Crippen LogP contribution in [0.25, 0.3) is 0 Å². The summed E-state index contributed by atoms with van der Waals surface area (Å²) in [6.45, 7) is 5.11. The van der Waals surface area contributed by atoms with Gasteiger partial charge in [0.2, 0.25) is 0 Å². The van der Waals surface area contributed by atoms with Crippen LogP contribution in [0.4, 0.5) is 0 Å². The lowest BCUT2D eigenvalue weighted by Gasteiger charge is -2.29. The summed E-state index contributed by atoms with van der Waals surface area (Å²) in [7, 11) is 5.79. The van der Waals surface area contributed by atoms with E-state index >= 15 is 0 Å². The van der Waals surface area contributed by atoms with E-state index in [1.54, 1.807) is 7.11 Å². The number of para-hydroxylation sites is 1. The lowest BCUT2D eigenvalue weighted by molar-refractivity contribution is 0.261. The molecule has 1 unspecified atom stereocenters. The molecule has 1 N–H and O–H groups in total. The Morgan fingerprint density at radius 2 is 1.96 bits per heavy atom. The highest BCUT2D eigenvalue weighted by Gasteiger charge is 2.26. The third-order valence-corrected chi connectivity index (χ3v) is 4.80. The predicted octanol–water partition coefficient (Wildman–Crippen LogP) is 3.27. The van der Waals surface area contributed by atoms with Crippen LogP contribution in [0, 0.1) is 0 Å². The molecule has 2 aromatic rings. The summed E-state index contributed by atoms with van der Waals surface area (Å²) in [6, 6.07) is 12.6. The van der Waals surface area contributed by atoms with Crippen molar-refractivity contribution in [3.63, 3.8) is 0 Å². The average Bonchev–Trinajstić information content (AvgIpc) is 2.67. The zero-order chi connectivity index (χ0) is 19.2. The Kier molecular flexibility index (Phi) is 6.58. The predicted molar refractivity (Wildman–Crippen MR) is 108 cm³/mol. The zero-order valence-electron chi connectivity index (χ0n) is 16.7. The fraction of sp³-hybridized carbons (Fsp3) is 0.455. The van der Waals surface area contributed by atoms with E-state index in [1.807, 2.05) is 19.1 Å². The zero-order valence-corrected chi connectivity index (χ0v) is 16.7. The molecule has 0 aromatic heterocycles. The number of nitrogens with one attached hydrogen (secondary N) is 1. The van der Waals surface area contributed by atoms with Gasteiger partial charge >= 0.3 is 0 Å². The van der Waals surface area contributed by atoms with Crippen LogP contribution in [0.5, 0.6) is 17.2 Å². The summed E-state index contributed by atoms with van der Waals surface area (Å²) in [4.78, 5) is 2.12. The van der Waals surface area contributed by atoms with Crippen LogP contribution in [-0.2, 0) is 6.42 Å². The second-order valence-corrected chi connectivity index (χ2v) is 6.96. The maximum Gasteiger partial charge on any atom is 0.166 e. The molecule has 5 nitrogen and oxygen atoms in total. The normalized spacial score (nSPS) is 16.1. The first kappa shape index (κ1) is 19.5. The van der Waals surface area contributed by atoms with Crippen molar-refractivity contribution in [2.45, 2.75) is 19.4 Å². The first-order valence-corrected chi connectivity index (χ1v) is 9.57. The van der Waals surface area contributed by atoms with Crippen molar-refractivity contribution in [3.8, 4) is 17.2 Å². The average molecular weight is 370 g/mol. The molecule has 0 bridgehead atoms. The SMILES string of the molecule is CCOc1c(OC)cccc1C1NCCc2cc(OCCN(C)C)ccc21. The van der Waals surface area contributed by atoms with Crippen molar-refractivity contribution in [1.29, 1.82) is 0 Å². The molecule has 2 aromatic carbocycles. The number of ether oxygens (including phenoxy) is 3. The van der Waals surface area contributed by atoms with E-state index < -0.39 is 0 Å². The Hall–Kier alpha value is -2.24. The fourth-order valence-electron chi connectivity index (χ4n) is 3.47. The Balaban J connectivity index is 1.89. The first-order chi connectivity index (χ1) is 13.1. The molecule has 1 aliphatic heterocycles. The third kappa shape index (κ3) is 4.54. The summed E-state index contributed by atoms with van der Waals surface area (Å²) in [5.74, 6) is 2.53. The van der Waals surface area contributed by atoms with Crippen LogP contribution >= 0.6 is 0 Å². The van der Waals surface area contributed by atoms with Crippen molar-refractivity contribution in [2.75, 3.05) is 47.5 Å². The van der Waals surface area contributed by atoms with Gasteiger partial charge in [0.1, 0.15) is 12.4 Å². The molecule has 3 rings (SSSR count). The molecule has 0 saturated heterocycles. The van der Waals surface area contributed by atoms with Crippen LogP contribution in [0.15, 0.2) is 36.4 Å². The van der Waals surface area contributed by atoms with E-state index in [4.69, 9.17) is 14.2 Å². The number of benzene rings is 2. The van der Waals surface area contributed by atoms with E-state index in [0.29, 0.717) is 13.2 Å². The quantitative estimate of drug-likeness (QED) is 0.773. The van der Waals surface area contributed by atoms with Gasteiger partial charge in [-0.3, -0.25) is 0 Å². The van der Waals surface area contributed by atoms with Crippen LogP contribution in [0.1, 0.15) is 29.7 Å². The highest BCUT2D eigenvalue weighted by molar-refractivity contribution is 5.53. The van der Waals surface area contributed by atoms with E-state index in [9.17, 15) is 0 Å². The van der Waals surface area contributed by atoms with Crippen molar-refractivity contribution in [1.82, 2.24) is 10.2 Å². The van der Waals surface area contributed by atoms with Gasteiger partial charge < -0.3 is 24.4 Å². The minimum Gasteiger partial charge on any atom is -0.493 e. The largest absolute Gasteiger partial charge is 0.493 e. The lowest BCUT2D eigenvalue weighted by atomic mass is 9.89. The smallest absolute Gasteiger partial charge is 0.166 e. The number of methoxy groups -OCH3 is 1. The number of rotatable bonds is 8. The molecule has 27 heavy (non-hydrogen) atoms. The van der Waals surface area contributed by atoms with Gasteiger partial charge in [-0.25, -0.2) is 0 Å². The van der Waals surface area contributed by atoms with Gasteiger partial charge in [0.05, 0.1) is 19.8 Å². The van der Waals surface area contributed by atoms with E-state index in [-0.39, 0.29) is 6.04 Å². The minimum absolute atomic E-state index is 0.0845. The topological polar surface area (TPSA) is 43.0 Å². The Morgan fingerprint density at radius 3 is 2.70 bits per heavy atom. The maximum absolute atomic E-state index is 5.93. The van der Waals surface area contributed by atoms with Crippen LogP contribution in [-0.4, -0.2) is 52.4 Å². The fourth-order valence-corrected chi connectivity index (χ4v) is 3.47. The van der Waals surface area contributed by atoms with Crippen molar-refractivity contribution >= 4 is 0 Å². The second-order valence-electron chi connectivity index (χ2n) is 6.96. The minimum atomic E-state index is 0.0845. The van der Waals surface area contributed by atoms with Crippen LogP contribution < -0.4 is 19.5 Å². The number of hydrogen-bond acceptors (Lipinski definition) is 5. The van der Waals surface area contributed by atoms with Gasteiger partial charge in [0.15, 0.2) is 11.5 Å². The van der Waals surface area contributed by atoms with Crippen molar-refractivity contribution in [2.24, 2.45) is 0 Å². The summed E-state index contributed by atoms with van der Waals surface area (Å²) >= 11 is 0. The van der Waals surface area contributed by atoms with Gasteiger partial charge in [-0.15, -0.1) is 0 Å². The van der Waals surface area contributed by atoms with Gasteiger partial charge in [-0.2, -0.15) is 0 Å². The number of fused-ring (bicyclic) bond motifs is 1. The van der Waals surface area contributed by atoms with E-state index in [0.717, 1.165) is 42.3 Å². The first-order valence-electron chi connectivity index (χ1n) is 9.57. The van der Waals surface area contributed by atoms with Crippen LogP contribution in [0.2, 0.25) is 0 Å². The van der Waals surface area contributed by atoms with Gasteiger partial charge in [-0.1, -0.05) is 18.2 Å². The van der Waals surface area contributed by atoms with E-state index in [2.05, 4.69) is 48.6 Å². The molecule has 0 fully saturated rings. The molecule has 1 heterocycles. The molecule has 146 valence electrons. The molecule has 5 heteroatoms. The summed E-state index contributed by atoms with van der Waals surface area (Å²) < 4.78 is 17.4. The Bertz CT molecular complexity index is 761. The molecule has 0 spiro atoms. The summed E-state index contributed by atoms with van der Waals surface area (Å²) in [5.41, 5.74) is 3.71. The molecule has 0 radical (unpaired) electrons. The van der Waals surface area contributed by atoms with Gasteiger partial charge in [0.25, 0.3) is 0 Å². The highest BCUT2D eigenvalue weighted by Crippen LogP contribution is 2.40. The summed E-state index contributed by atoms with van der Waals surface area (Å²) in [5, 5.41) is 3.64. The number of likely N-dealkylation sites (N-methyl/N-ethyl adjacent to an activating group) is 1. The molecule has 0 amide bonds. The monoisotopic (exact) mass is 370 g/mol. The summed E-state index contributed by atoms with van der Waals surface area (Å²) in [6.07, 6.45) is 0.991. The standard InChI is InChI=1S/C22H30N2O3/c1-5-26-22-19(7-6-8-20(22)25-4)21-18-10-9-17(27-14-13-24(2)3)15-16(18)11-12-23-21/h6-10,15,21,23H,5,11-14H2,1-4H3. The van der Waals surface area contributed by atoms with Crippen molar-refractivity contribution < 1.29 is 14.2 Å². The lowest BCUT2D eigenvalue weighted by Crippen LogP contribution is -2.31. The third-order valence-electron chi connectivity index (χ3n) is 4.80. The molecule has 1 aliphatic rings. The van der Waals surface area contributed by atoms with Gasteiger partial charge in [-0.05, 0) is 56.8 Å². The number of hydrogen-bond donors (Lipinski definition) is 1. The highest BCUT2D eigenvalue weighted by atomic mass is 16.5. The Labute approximate surface area is 162 Å².